The van der Waals surface area contributed by atoms with Gasteiger partial charge in [-0.2, -0.15) is 0 Å². The van der Waals surface area contributed by atoms with Crippen molar-refractivity contribution in [3.8, 4) is 5.75 Å². The van der Waals surface area contributed by atoms with Crippen LogP contribution >= 0.6 is 0 Å². The molecule has 3 rings (SSSR count). The van der Waals surface area contributed by atoms with E-state index in [1.165, 1.54) is 7.14 Å². The highest BCUT2D eigenvalue weighted by atomic mass is 127. The normalized spacial score (nSPS) is 10.9. The average Bonchev–Trinajstić information content (AvgIpc) is 2.72. The SMILES string of the molecule is COc1ccc([I+]c2ccccc2)cc1.O=S(=O)([O-])c1c(F)c(F)c(F)c(F)c1F. The molecule has 0 amide bonds. The second-order valence-corrected chi connectivity index (χ2v) is 9.75. The Labute approximate surface area is 179 Å². The van der Waals surface area contributed by atoms with E-state index in [1.54, 1.807) is 7.11 Å². The molecule has 0 atom stereocenters. The van der Waals surface area contributed by atoms with Crippen LogP contribution in [0.3, 0.4) is 0 Å². The summed E-state index contributed by atoms with van der Waals surface area (Å²) in [5.41, 5.74) is 0. The lowest BCUT2D eigenvalue weighted by Crippen LogP contribution is -3.61. The summed E-state index contributed by atoms with van der Waals surface area (Å²) in [6.07, 6.45) is 0. The van der Waals surface area contributed by atoms with Gasteiger partial charge in [0.05, 0.1) is 7.11 Å². The van der Waals surface area contributed by atoms with E-state index >= 15 is 0 Å². The van der Waals surface area contributed by atoms with Crippen molar-refractivity contribution in [2.75, 3.05) is 7.11 Å². The molecule has 4 nitrogen and oxygen atoms in total. The van der Waals surface area contributed by atoms with Gasteiger partial charge >= 0.3 is 21.2 Å². The Morgan fingerprint density at radius 1 is 0.733 bits per heavy atom. The summed E-state index contributed by atoms with van der Waals surface area (Å²) in [7, 11) is -4.08. The lowest BCUT2D eigenvalue weighted by atomic mass is 10.3. The standard InChI is InChI=1S/C13H12IO.C6HF5O3S/c1-15-13-9-7-12(8-10-13)14-11-5-3-2-4-6-11;7-1-2(8)4(10)6(15(12,13)14)5(11)3(1)9/h2-10H,1H3;(H,12,13,14)/q+1;/p-1. The summed E-state index contributed by atoms with van der Waals surface area (Å²) in [6.45, 7) is 0. The number of hydrogen-bond donors (Lipinski definition) is 0. The lowest BCUT2D eigenvalue weighted by Gasteiger charge is -2.10. The number of methoxy groups -OCH3 is 1. The van der Waals surface area contributed by atoms with Crippen molar-refractivity contribution in [2.45, 2.75) is 4.90 Å². The molecular formula is C19H12F5IO4S. The molecule has 0 aromatic heterocycles. The minimum absolute atomic E-state index is 0.0449. The largest absolute Gasteiger partial charge is 0.744 e. The van der Waals surface area contributed by atoms with Crippen LogP contribution in [0.1, 0.15) is 0 Å². The second kappa shape index (κ2) is 10.2. The topological polar surface area (TPSA) is 66.4 Å². The first-order chi connectivity index (χ1) is 14.1. The van der Waals surface area contributed by atoms with Crippen LogP contribution in [0, 0.1) is 36.2 Å². The van der Waals surface area contributed by atoms with Crippen LogP contribution < -0.4 is 25.9 Å². The predicted octanol–water partition coefficient (Wildman–Crippen LogP) is 1.11. The molecule has 0 saturated heterocycles. The van der Waals surface area contributed by atoms with Crippen LogP contribution in [0.2, 0.25) is 0 Å². The molecule has 0 spiro atoms. The molecule has 0 heterocycles. The summed E-state index contributed by atoms with van der Waals surface area (Å²) in [6, 6.07) is 19.0. The maximum absolute atomic E-state index is 12.6. The summed E-state index contributed by atoms with van der Waals surface area (Å²) in [5, 5.41) is 0. The van der Waals surface area contributed by atoms with Gasteiger partial charge in [-0.3, -0.25) is 0 Å². The quantitative estimate of drug-likeness (QED) is 0.158. The van der Waals surface area contributed by atoms with Crippen LogP contribution in [0.25, 0.3) is 0 Å². The Morgan fingerprint density at radius 3 is 1.60 bits per heavy atom. The first kappa shape index (κ1) is 24.0. The molecule has 3 aromatic carbocycles. The maximum Gasteiger partial charge on any atom is 0.357 e. The van der Waals surface area contributed by atoms with Crippen LogP contribution in [-0.4, -0.2) is 20.1 Å². The first-order valence-electron chi connectivity index (χ1n) is 7.87. The van der Waals surface area contributed by atoms with Crippen molar-refractivity contribution in [3.05, 3.63) is 90.8 Å². The van der Waals surface area contributed by atoms with Crippen molar-refractivity contribution in [1.82, 2.24) is 0 Å². The van der Waals surface area contributed by atoms with E-state index in [0.29, 0.717) is 0 Å². The molecule has 3 aromatic rings. The van der Waals surface area contributed by atoms with Gasteiger partial charge in [-0.1, -0.05) is 18.2 Å². The Balaban J connectivity index is 0.000000214. The summed E-state index contributed by atoms with van der Waals surface area (Å²) >= 11 is -0.0449. The number of hydrogen-bond acceptors (Lipinski definition) is 4. The van der Waals surface area contributed by atoms with Crippen LogP contribution in [0.4, 0.5) is 22.0 Å². The fraction of sp³-hybridized carbons (Fsp3) is 0.0526. The van der Waals surface area contributed by atoms with Crippen LogP contribution in [0.5, 0.6) is 5.75 Å². The molecule has 0 radical (unpaired) electrons. The van der Waals surface area contributed by atoms with Gasteiger partial charge in [-0.15, -0.1) is 0 Å². The van der Waals surface area contributed by atoms with Gasteiger partial charge in [0.2, 0.25) is 5.82 Å². The fourth-order valence-electron chi connectivity index (χ4n) is 2.04. The molecule has 0 saturated carbocycles. The van der Waals surface area contributed by atoms with Crippen molar-refractivity contribution >= 4 is 10.1 Å². The molecule has 11 heteroatoms. The van der Waals surface area contributed by atoms with Crippen LogP contribution in [0.15, 0.2) is 59.5 Å². The Hall–Kier alpha value is -2.25. The highest BCUT2D eigenvalue weighted by Crippen LogP contribution is 2.26. The van der Waals surface area contributed by atoms with E-state index < -0.39 is 44.1 Å². The smallest absolute Gasteiger partial charge is 0.357 e. The molecule has 0 N–H and O–H groups in total. The first-order valence-corrected chi connectivity index (χ1v) is 11.4. The van der Waals surface area contributed by atoms with E-state index in [2.05, 4.69) is 42.5 Å². The lowest BCUT2D eigenvalue weighted by molar-refractivity contribution is -0.597. The van der Waals surface area contributed by atoms with Gasteiger partial charge in [0.25, 0.3) is 0 Å². The number of ether oxygens (including phenoxy) is 1. The van der Waals surface area contributed by atoms with E-state index in [9.17, 15) is 34.9 Å². The monoisotopic (exact) mass is 558 g/mol. The molecule has 0 aliphatic carbocycles. The summed E-state index contributed by atoms with van der Waals surface area (Å²) < 4.78 is 101. The molecule has 0 aliphatic heterocycles. The number of halogens is 6. The van der Waals surface area contributed by atoms with Gasteiger partial charge in [-0.25, -0.2) is 30.4 Å². The fourth-order valence-corrected chi connectivity index (χ4v) is 4.87. The van der Waals surface area contributed by atoms with Gasteiger partial charge in [-0.05, 0) is 36.4 Å². The van der Waals surface area contributed by atoms with Crippen molar-refractivity contribution in [1.29, 1.82) is 0 Å². The highest BCUT2D eigenvalue weighted by molar-refractivity contribution is 7.85. The molecule has 0 bridgehead atoms. The van der Waals surface area contributed by atoms with Gasteiger partial charge in [0.1, 0.15) is 20.8 Å². The zero-order valence-electron chi connectivity index (χ0n) is 15.0. The van der Waals surface area contributed by atoms with E-state index in [0.717, 1.165) is 5.75 Å². The zero-order chi connectivity index (χ0) is 22.5. The van der Waals surface area contributed by atoms with Gasteiger partial charge in [0.15, 0.2) is 30.4 Å². The minimum Gasteiger partial charge on any atom is -0.744 e. The third-order valence-electron chi connectivity index (χ3n) is 3.42. The van der Waals surface area contributed by atoms with Crippen LogP contribution in [-0.2, 0) is 10.1 Å². The predicted molar refractivity (Wildman–Crippen MR) is 91.0 cm³/mol. The van der Waals surface area contributed by atoms with E-state index in [4.69, 9.17) is 4.74 Å². The molecule has 0 aliphatic rings. The molecule has 160 valence electrons. The van der Waals surface area contributed by atoms with Gasteiger partial charge < -0.3 is 9.29 Å². The maximum atomic E-state index is 12.6. The van der Waals surface area contributed by atoms with E-state index in [1.807, 2.05) is 12.1 Å². The third-order valence-corrected chi connectivity index (χ3v) is 6.96. The Bertz CT molecular complexity index is 1090. The van der Waals surface area contributed by atoms with Crippen molar-refractivity contribution in [2.24, 2.45) is 0 Å². The highest BCUT2D eigenvalue weighted by Gasteiger charge is 2.28. The van der Waals surface area contributed by atoms with Crippen molar-refractivity contribution in [3.63, 3.8) is 0 Å². The molecular weight excluding hydrogens is 546 g/mol. The van der Waals surface area contributed by atoms with E-state index in [-0.39, 0.29) is 21.2 Å². The molecule has 30 heavy (non-hydrogen) atoms. The number of rotatable bonds is 4. The third kappa shape index (κ3) is 5.89. The van der Waals surface area contributed by atoms with Crippen molar-refractivity contribution < 1.29 is 60.9 Å². The molecule has 0 fully saturated rings. The average molecular weight is 558 g/mol. The Kier molecular flexibility index (Phi) is 8.15. The summed E-state index contributed by atoms with van der Waals surface area (Å²) in [4.78, 5) is -2.38. The van der Waals surface area contributed by atoms with Gasteiger partial charge in [0, 0.05) is 0 Å². The Morgan fingerprint density at radius 2 is 1.17 bits per heavy atom. The number of benzene rings is 3. The minimum atomic E-state index is -5.77. The second-order valence-electron chi connectivity index (χ2n) is 5.40. The zero-order valence-corrected chi connectivity index (χ0v) is 18.0. The summed E-state index contributed by atoms with van der Waals surface area (Å²) in [5.74, 6) is -11.9. The molecule has 0 unspecified atom stereocenters.